The molecule has 1 saturated carbocycles. The van der Waals surface area contributed by atoms with Crippen molar-refractivity contribution in [2.24, 2.45) is 17.8 Å². The van der Waals surface area contributed by atoms with E-state index in [0.29, 0.717) is 12.3 Å². The summed E-state index contributed by atoms with van der Waals surface area (Å²) in [5.74, 6) is 1.99. The highest BCUT2D eigenvalue weighted by Crippen LogP contribution is 2.53. The molecule has 1 saturated heterocycles. The highest BCUT2D eigenvalue weighted by Gasteiger charge is 2.55. The maximum atomic E-state index is 11.2. The number of ether oxygens (including phenoxy) is 1. The molecule has 0 N–H and O–H groups in total. The van der Waals surface area contributed by atoms with Crippen molar-refractivity contribution in [3.05, 3.63) is 35.9 Å². The molecule has 2 fully saturated rings. The van der Waals surface area contributed by atoms with E-state index in [2.05, 4.69) is 35.2 Å². The summed E-state index contributed by atoms with van der Waals surface area (Å²) >= 11 is 0. The van der Waals surface area contributed by atoms with Gasteiger partial charge in [-0.1, -0.05) is 30.3 Å². The molecule has 0 radical (unpaired) electrons. The standard InChI is InChI=1S/C15H19NO2/c1-18-15(17)7-12-13-9-16(10-14(12)13)8-11-5-3-2-4-6-11/h2-6,12-14H,7-10H2,1H3. The molecule has 3 nitrogen and oxygen atoms in total. The molecule has 96 valence electrons. The summed E-state index contributed by atoms with van der Waals surface area (Å²) in [5, 5.41) is 0. The smallest absolute Gasteiger partial charge is 0.305 e. The van der Waals surface area contributed by atoms with Crippen LogP contribution in [-0.2, 0) is 16.1 Å². The van der Waals surface area contributed by atoms with E-state index >= 15 is 0 Å². The van der Waals surface area contributed by atoms with Gasteiger partial charge < -0.3 is 4.74 Å². The van der Waals surface area contributed by atoms with Gasteiger partial charge in [-0.15, -0.1) is 0 Å². The number of hydrogen-bond acceptors (Lipinski definition) is 3. The number of piperidine rings is 1. The van der Waals surface area contributed by atoms with Crippen molar-refractivity contribution >= 4 is 5.97 Å². The second kappa shape index (κ2) is 4.73. The van der Waals surface area contributed by atoms with Gasteiger partial charge in [0.15, 0.2) is 0 Å². The van der Waals surface area contributed by atoms with Crippen molar-refractivity contribution in [2.45, 2.75) is 13.0 Å². The Morgan fingerprint density at radius 1 is 1.28 bits per heavy atom. The van der Waals surface area contributed by atoms with Gasteiger partial charge in [-0.3, -0.25) is 9.69 Å². The van der Waals surface area contributed by atoms with Crippen LogP contribution in [0.1, 0.15) is 12.0 Å². The van der Waals surface area contributed by atoms with Crippen molar-refractivity contribution in [2.75, 3.05) is 20.2 Å². The fraction of sp³-hybridized carbons (Fsp3) is 0.533. The molecule has 3 rings (SSSR count). The zero-order valence-corrected chi connectivity index (χ0v) is 10.7. The predicted molar refractivity (Wildman–Crippen MR) is 68.8 cm³/mol. The van der Waals surface area contributed by atoms with E-state index in [9.17, 15) is 4.79 Å². The van der Waals surface area contributed by atoms with E-state index in [4.69, 9.17) is 4.74 Å². The molecule has 2 atom stereocenters. The van der Waals surface area contributed by atoms with E-state index < -0.39 is 0 Å². The van der Waals surface area contributed by atoms with Crippen molar-refractivity contribution in [1.29, 1.82) is 0 Å². The maximum absolute atomic E-state index is 11.2. The number of esters is 1. The summed E-state index contributed by atoms with van der Waals surface area (Å²) in [5.41, 5.74) is 1.38. The van der Waals surface area contributed by atoms with Crippen LogP contribution >= 0.6 is 0 Å². The lowest BCUT2D eigenvalue weighted by atomic mass is 10.1. The first kappa shape index (κ1) is 11.7. The lowest BCUT2D eigenvalue weighted by molar-refractivity contribution is -0.141. The molecule has 2 aliphatic rings. The number of nitrogens with zero attached hydrogens (tertiary/aromatic N) is 1. The van der Waals surface area contributed by atoms with Crippen LogP contribution in [0.15, 0.2) is 30.3 Å². The van der Waals surface area contributed by atoms with Crippen LogP contribution in [0.5, 0.6) is 0 Å². The van der Waals surface area contributed by atoms with Crippen molar-refractivity contribution in [3.8, 4) is 0 Å². The lowest BCUT2D eigenvalue weighted by Gasteiger charge is -2.19. The summed E-state index contributed by atoms with van der Waals surface area (Å²) in [6, 6.07) is 10.6. The van der Waals surface area contributed by atoms with E-state index in [1.165, 1.54) is 12.7 Å². The molecule has 18 heavy (non-hydrogen) atoms. The monoisotopic (exact) mass is 245 g/mol. The Balaban J connectivity index is 1.48. The zero-order valence-electron chi connectivity index (χ0n) is 10.7. The van der Waals surface area contributed by atoms with E-state index in [1.54, 1.807) is 0 Å². The third-order valence-electron chi connectivity index (χ3n) is 4.33. The summed E-state index contributed by atoms with van der Waals surface area (Å²) < 4.78 is 4.74. The molecular formula is C15H19NO2. The average molecular weight is 245 g/mol. The van der Waals surface area contributed by atoms with Gasteiger partial charge in [-0.2, -0.15) is 0 Å². The van der Waals surface area contributed by atoms with E-state index in [0.717, 1.165) is 31.5 Å². The van der Waals surface area contributed by atoms with Gasteiger partial charge in [0.1, 0.15) is 0 Å². The summed E-state index contributed by atoms with van der Waals surface area (Å²) in [4.78, 5) is 13.7. The minimum absolute atomic E-state index is 0.0518. The van der Waals surface area contributed by atoms with Crippen molar-refractivity contribution in [3.63, 3.8) is 0 Å². The summed E-state index contributed by atoms with van der Waals surface area (Å²) in [6.07, 6.45) is 0.616. The van der Waals surface area contributed by atoms with Crippen LogP contribution < -0.4 is 0 Å². The van der Waals surface area contributed by atoms with Crippen LogP contribution in [0.4, 0.5) is 0 Å². The molecule has 3 heteroatoms. The molecule has 1 aromatic carbocycles. The third kappa shape index (κ3) is 2.27. The molecule has 0 aromatic heterocycles. The Hall–Kier alpha value is -1.35. The number of rotatable bonds is 4. The number of carbonyl (C=O) groups excluding carboxylic acids is 1. The van der Waals surface area contributed by atoms with Gasteiger partial charge in [0, 0.05) is 26.1 Å². The lowest BCUT2D eigenvalue weighted by Crippen LogP contribution is -2.24. The Morgan fingerprint density at radius 3 is 2.56 bits per heavy atom. The molecular weight excluding hydrogens is 226 g/mol. The van der Waals surface area contributed by atoms with Gasteiger partial charge in [-0.05, 0) is 23.3 Å². The van der Waals surface area contributed by atoms with Crippen molar-refractivity contribution in [1.82, 2.24) is 4.90 Å². The van der Waals surface area contributed by atoms with Crippen LogP contribution in [0.2, 0.25) is 0 Å². The first-order valence-corrected chi connectivity index (χ1v) is 6.61. The van der Waals surface area contributed by atoms with Crippen molar-refractivity contribution < 1.29 is 9.53 Å². The molecule has 1 aliphatic heterocycles. The topological polar surface area (TPSA) is 29.5 Å². The van der Waals surface area contributed by atoms with Gasteiger partial charge >= 0.3 is 5.97 Å². The highest BCUT2D eigenvalue weighted by atomic mass is 16.5. The van der Waals surface area contributed by atoms with E-state index in [-0.39, 0.29) is 5.97 Å². The van der Waals surface area contributed by atoms with E-state index in [1.807, 2.05) is 0 Å². The van der Waals surface area contributed by atoms with Crippen LogP contribution in [-0.4, -0.2) is 31.1 Å². The molecule has 0 bridgehead atoms. The Morgan fingerprint density at radius 2 is 1.94 bits per heavy atom. The third-order valence-corrected chi connectivity index (χ3v) is 4.33. The zero-order chi connectivity index (χ0) is 12.5. The van der Waals surface area contributed by atoms with Crippen LogP contribution in [0.3, 0.4) is 0 Å². The molecule has 2 unspecified atom stereocenters. The largest absolute Gasteiger partial charge is 0.469 e. The molecule has 1 aromatic rings. The molecule has 1 aliphatic carbocycles. The van der Waals surface area contributed by atoms with Crippen LogP contribution in [0, 0.1) is 17.8 Å². The number of benzene rings is 1. The second-order valence-electron chi connectivity index (χ2n) is 5.45. The maximum Gasteiger partial charge on any atom is 0.305 e. The second-order valence-corrected chi connectivity index (χ2v) is 5.45. The predicted octanol–water partition coefficient (Wildman–Crippen LogP) is 1.93. The first-order valence-electron chi connectivity index (χ1n) is 6.61. The van der Waals surface area contributed by atoms with Gasteiger partial charge in [0.2, 0.25) is 0 Å². The number of methoxy groups -OCH3 is 1. The van der Waals surface area contributed by atoms with Gasteiger partial charge in [0.25, 0.3) is 0 Å². The van der Waals surface area contributed by atoms with Crippen LogP contribution in [0.25, 0.3) is 0 Å². The minimum Gasteiger partial charge on any atom is -0.469 e. The first-order chi connectivity index (χ1) is 8.78. The minimum atomic E-state index is -0.0518. The van der Waals surface area contributed by atoms with Gasteiger partial charge in [0.05, 0.1) is 7.11 Å². The molecule has 1 heterocycles. The SMILES string of the molecule is COC(=O)CC1C2CN(Cc3ccccc3)CC12. The number of hydrogen-bond donors (Lipinski definition) is 0. The number of carbonyl (C=O) groups is 1. The fourth-order valence-corrected chi connectivity index (χ4v) is 3.29. The normalized spacial score (nSPS) is 29.9. The molecule has 0 amide bonds. The van der Waals surface area contributed by atoms with Gasteiger partial charge in [-0.25, -0.2) is 0 Å². The summed E-state index contributed by atoms with van der Waals surface area (Å²) in [7, 11) is 1.47. The average Bonchev–Trinajstić information content (AvgIpc) is 2.85. The number of likely N-dealkylation sites (tertiary alicyclic amines) is 1. The molecule has 0 spiro atoms. The summed E-state index contributed by atoms with van der Waals surface area (Å²) in [6.45, 7) is 3.32. The quantitative estimate of drug-likeness (QED) is 0.759. The fourth-order valence-electron chi connectivity index (χ4n) is 3.29. The Kier molecular flexibility index (Phi) is 3.08. The highest BCUT2D eigenvalue weighted by molar-refractivity contribution is 5.70. The Bertz CT molecular complexity index is 419. The Labute approximate surface area is 108 Å². The number of fused-ring (bicyclic) bond motifs is 1.